The summed E-state index contributed by atoms with van der Waals surface area (Å²) in [6.07, 6.45) is 1.81. The minimum Gasteiger partial charge on any atom is -0.495 e. The summed E-state index contributed by atoms with van der Waals surface area (Å²) in [5, 5.41) is 8.35. The van der Waals surface area contributed by atoms with Crippen molar-refractivity contribution in [2.45, 2.75) is 38.5 Å². The number of aryl methyl sites for hydroxylation is 3. The molecule has 0 radical (unpaired) electrons. The van der Waals surface area contributed by atoms with Crippen LogP contribution >= 0.6 is 0 Å². The van der Waals surface area contributed by atoms with E-state index in [2.05, 4.69) is 19.8 Å². The molecule has 1 saturated heterocycles. The molecule has 2 aromatic rings. The van der Waals surface area contributed by atoms with Crippen molar-refractivity contribution in [1.29, 1.82) is 0 Å². The number of sulfonamides is 1. The van der Waals surface area contributed by atoms with E-state index in [0.717, 1.165) is 48.6 Å². The van der Waals surface area contributed by atoms with E-state index in [9.17, 15) is 8.42 Å². The minimum atomic E-state index is -3.62. The van der Waals surface area contributed by atoms with Gasteiger partial charge in [-0.05, 0) is 74.9 Å². The largest absolute Gasteiger partial charge is 0.495 e. The monoisotopic (exact) mass is 404 g/mol. The van der Waals surface area contributed by atoms with Gasteiger partial charge in [-0.15, -0.1) is 5.10 Å². The van der Waals surface area contributed by atoms with Crippen LogP contribution in [-0.2, 0) is 10.0 Å². The molecular weight excluding hydrogens is 376 g/mol. The van der Waals surface area contributed by atoms with Gasteiger partial charge in [0.05, 0.1) is 12.8 Å². The van der Waals surface area contributed by atoms with Crippen molar-refractivity contribution in [3.05, 3.63) is 41.1 Å². The normalized spacial score (nSPS) is 15.6. The summed E-state index contributed by atoms with van der Waals surface area (Å²) in [6.45, 7) is 7.87. The van der Waals surface area contributed by atoms with Gasteiger partial charge in [0.25, 0.3) is 0 Å². The molecule has 0 atom stereocenters. The van der Waals surface area contributed by atoms with Crippen LogP contribution in [-0.4, -0.2) is 45.4 Å². The standard InChI is InChI=1S/C20H28N4O3S/c1-14-11-18(27-4)19(12-15(14)2)28(25,26)21-13-17-7-9-24(10-8-17)20-6-5-16(3)22-23-20/h5-6,11-12,17,21H,7-10,13H2,1-4H3. The highest BCUT2D eigenvalue weighted by Crippen LogP contribution is 2.28. The Morgan fingerprint density at radius 3 is 2.39 bits per heavy atom. The second kappa shape index (κ2) is 8.45. The van der Waals surface area contributed by atoms with Crippen LogP contribution in [0.25, 0.3) is 0 Å². The first-order valence-electron chi connectivity index (χ1n) is 9.50. The van der Waals surface area contributed by atoms with Crippen LogP contribution in [0.2, 0.25) is 0 Å². The number of methoxy groups -OCH3 is 1. The van der Waals surface area contributed by atoms with E-state index >= 15 is 0 Å². The Balaban J connectivity index is 1.60. The van der Waals surface area contributed by atoms with Gasteiger partial charge in [-0.2, -0.15) is 5.10 Å². The maximum Gasteiger partial charge on any atom is 0.244 e. The summed E-state index contributed by atoms with van der Waals surface area (Å²) < 4.78 is 33.7. The van der Waals surface area contributed by atoms with Gasteiger partial charge in [0, 0.05) is 19.6 Å². The third kappa shape index (κ3) is 4.62. The molecule has 1 aliphatic rings. The molecule has 8 heteroatoms. The zero-order chi connectivity index (χ0) is 20.3. The van der Waals surface area contributed by atoms with Crippen molar-refractivity contribution in [2.24, 2.45) is 5.92 Å². The van der Waals surface area contributed by atoms with Crippen LogP contribution in [0.15, 0.2) is 29.2 Å². The third-order valence-corrected chi connectivity index (χ3v) is 6.80. The van der Waals surface area contributed by atoms with E-state index in [1.165, 1.54) is 7.11 Å². The molecule has 1 aromatic carbocycles. The Bertz CT molecular complexity index is 921. The Labute approximate surface area is 167 Å². The number of piperidine rings is 1. The van der Waals surface area contributed by atoms with Gasteiger partial charge in [0.15, 0.2) is 5.82 Å². The van der Waals surface area contributed by atoms with E-state index in [1.807, 2.05) is 32.9 Å². The molecule has 2 heterocycles. The summed E-state index contributed by atoms with van der Waals surface area (Å²) in [4.78, 5) is 2.40. The maximum absolute atomic E-state index is 12.8. The summed E-state index contributed by atoms with van der Waals surface area (Å²) >= 11 is 0. The van der Waals surface area contributed by atoms with E-state index < -0.39 is 10.0 Å². The van der Waals surface area contributed by atoms with E-state index in [4.69, 9.17) is 4.74 Å². The maximum atomic E-state index is 12.8. The number of nitrogens with zero attached hydrogens (tertiary/aromatic N) is 3. The molecule has 28 heavy (non-hydrogen) atoms. The van der Waals surface area contributed by atoms with Gasteiger partial charge in [-0.1, -0.05) is 0 Å². The number of nitrogens with one attached hydrogen (secondary N) is 1. The number of aromatic nitrogens is 2. The predicted molar refractivity (Wildman–Crippen MR) is 109 cm³/mol. The molecule has 3 rings (SSSR count). The van der Waals surface area contributed by atoms with Crippen molar-refractivity contribution in [3.63, 3.8) is 0 Å². The molecule has 1 N–H and O–H groups in total. The molecule has 1 aromatic heterocycles. The lowest BCUT2D eigenvalue weighted by Crippen LogP contribution is -2.39. The average molecular weight is 405 g/mol. The van der Waals surface area contributed by atoms with E-state index in [1.54, 1.807) is 12.1 Å². The van der Waals surface area contributed by atoms with Gasteiger partial charge >= 0.3 is 0 Å². The van der Waals surface area contributed by atoms with Crippen LogP contribution in [0, 0.1) is 26.7 Å². The van der Waals surface area contributed by atoms with Crippen molar-refractivity contribution < 1.29 is 13.2 Å². The topological polar surface area (TPSA) is 84.4 Å². The Kier molecular flexibility index (Phi) is 6.20. The number of hydrogen-bond donors (Lipinski definition) is 1. The Morgan fingerprint density at radius 2 is 1.79 bits per heavy atom. The fourth-order valence-corrected chi connectivity index (χ4v) is 4.71. The second-order valence-electron chi connectivity index (χ2n) is 7.40. The lowest BCUT2D eigenvalue weighted by Gasteiger charge is -2.32. The highest BCUT2D eigenvalue weighted by Gasteiger charge is 2.25. The van der Waals surface area contributed by atoms with E-state index in [0.29, 0.717) is 18.2 Å². The van der Waals surface area contributed by atoms with Crippen molar-refractivity contribution in [3.8, 4) is 5.75 Å². The van der Waals surface area contributed by atoms with Crippen LogP contribution in [0.5, 0.6) is 5.75 Å². The molecule has 0 spiro atoms. The highest BCUT2D eigenvalue weighted by atomic mass is 32.2. The Morgan fingerprint density at radius 1 is 1.11 bits per heavy atom. The van der Waals surface area contributed by atoms with Gasteiger partial charge in [0.1, 0.15) is 10.6 Å². The molecule has 0 amide bonds. The molecule has 1 fully saturated rings. The zero-order valence-electron chi connectivity index (χ0n) is 16.9. The summed E-state index contributed by atoms with van der Waals surface area (Å²) in [5.41, 5.74) is 2.82. The van der Waals surface area contributed by atoms with Crippen LogP contribution in [0.1, 0.15) is 29.7 Å². The Hall–Kier alpha value is -2.19. The van der Waals surface area contributed by atoms with Crippen molar-refractivity contribution in [1.82, 2.24) is 14.9 Å². The summed E-state index contributed by atoms with van der Waals surface area (Å²) in [6, 6.07) is 7.39. The molecule has 1 aliphatic heterocycles. The van der Waals surface area contributed by atoms with Gasteiger partial charge < -0.3 is 9.64 Å². The molecule has 0 unspecified atom stereocenters. The summed E-state index contributed by atoms with van der Waals surface area (Å²) in [7, 11) is -2.13. The van der Waals surface area contributed by atoms with Gasteiger partial charge in [-0.3, -0.25) is 0 Å². The molecule has 7 nitrogen and oxygen atoms in total. The number of benzene rings is 1. The average Bonchev–Trinajstić information content (AvgIpc) is 2.69. The second-order valence-corrected chi connectivity index (χ2v) is 9.14. The number of hydrogen-bond acceptors (Lipinski definition) is 6. The highest BCUT2D eigenvalue weighted by molar-refractivity contribution is 7.89. The number of ether oxygens (including phenoxy) is 1. The molecule has 152 valence electrons. The zero-order valence-corrected chi connectivity index (χ0v) is 17.7. The number of anilines is 1. The number of rotatable bonds is 6. The molecular formula is C20H28N4O3S. The van der Waals surface area contributed by atoms with Gasteiger partial charge in [-0.25, -0.2) is 13.1 Å². The fourth-order valence-electron chi connectivity index (χ4n) is 3.36. The first-order chi connectivity index (χ1) is 13.3. The minimum absolute atomic E-state index is 0.200. The SMILES string of the molecule is COc1cc(C)c(C)cc1S(=O)(=O)NCC1CCN(c2ccc(C)nn2)CC1. The van der Waals surface area contributed by atoms with Crippen molar-refractivity contribution >= 4 is 15.8 Å². The third-order valence-electron chi connectivity index (χ3n) is 5.35. The molecule has 0 aliphatic carbocycles. The van der Waals surface area contributed by atoms with Crippen LogP contribution < -0.4 is 14.4 Å². The first-order valence-corrected chi connectivity index (χ1v) is 11.0. The van der Waals surface area contributed by atoms with Crippen LogP contribution in [0.3, 0.4) is 0 Å². The first kappa shape index (κ1) is 20.5. The van der Waals surface area contributed by atoms with Gasteiger partial charge in [0.2, 0.25) is 10.0 Å². The molecule has 0 saturated carbocycles. The quantitative estimate of drug-likeness (QED) is 0.797. The van der Waals surface area contributed by atoms with Crippen molar-refractivity contribution in [2.75, 3.05) is 31.6 Å². The summed E-state index contributed by atoms with van der Waals surface area (Å²) in [5.74, 6) is 1.55. The predicted octanol–water partition coefficient (Wildman–Crippen LogP) is 2.61. The molecule has 0 bridgehead atoms. The van der Waals surface area contributed by atoms with E-state index in [-0.39, 0.29) is 4.90 Å². The lowest BCUT2D eigenvalue weighted by molar-refractivity contribution is 0.394. The lowest BCUT2D eigenvalue weighted by atomic mass is 9.97. The van der Waals surface area contributed by atoms with Crippen LogP contribution in [0.4, 0.5) is 5.82 Å². The fraction of sp³-hybridized carbons (Fsp3) is 0.500. The smallest absolute Gasteiger partial charge is 0.244 e.